The van der Waals surface area contributed by atoms with Crippen LogP contribution in [0.5, 0.6) is 0 Å². The van der Waals surface area contributed by atoms with Gasteiger partial charge in [-0.25, -0.2) is 8.78 Å². The number of hydrogen-bond donors (Lipinski definition) is 3. The van der Waals surface area contributed by atoms with Gasteiger partial charge in [-0.3, -0.25) is 5.10 Å². The van der Waals surface area contributed by atoms with Crippen molar-refractivity contribution < 1.29 is 13.9 Å². The highest BCUT2D eigenvalue weighted by molar-refractivity contribution is 5.22. The summed E-state index contributed by atoms with van der Waals surface area (Å²) in [6.07, 6.45) is 0. The van der Waals surface area contributed by atoms with Crippen molar-refractivity contribution in [2.75, 3.05) is 13.2 Å². The Bertz CT molecular complexity index is 306. The van der Waals surface area contributed by atoms with Crippen molar-refractivity contribution in [2.45, 2.75) is 26.3 Å². The van der Waals surface area contributed by atoms with Gasteiger partial charge in [0, 0.05) is 17.8 Å². The Morgan fingerprint density at radius 2 is 2.13 bits per heavy atom. The lowest BCUT2D eigenvalue weighted by Crippen LogP contribution is -2.35. The van der Waals surface area contributed by atoms with Crippen LogP contribution in [0.15, 0.2) is 0 Å². The van der Waals surface area contributed by atoms with Crippen molar-refractivity contribution in [1.29, 1.82) is 0 Å². The first-order valence-electron chi connectivity index (χ1n) is 4.66. The van der Waals surface area contributed by atoms with Crippen LogP contribution in [0.4, 0.5) is 8.78 Å². The van der Waals surface area contributed by atoms with Crippen LogP contribution in [-0.4, -0.2) is 34.4 Å². The summed E-state index contributed by atoms with van der Waals surface area (Å²) >= 11 is 0. The molecule has 1 aromatic heterocycles. The maximum Gasteiger partial charge on any atom is 0.282 e. The lowest BCUT2D eigenvalue weighted by atomic mass is 10.2. The summed E-state index contributed by atoms with van der Waals surface area (Å²) in [5, 5.41) is 17.7. The minimum Gasteiger partial charge on any atom is -0.390 e. The number of hydrogen-bond acceptors (Lipinski definition) is 3. The van der Waals surface area contributed by atoms with Gasteiger partial charge >= 0.3 is 0 Å². The van der Waals surface area contributed by atoms with Crippen molar-refractivity contribution in [3.8, 4) is 0 Å². The second-order valence-corrected chi connectivity index (χ2v) is 3.53. The average Bonchev–Trinajstić information content (AvgIpc) is 2.49. The molecule has 0 fully saturated rings. The van der Waals surface area contributed by atoms with Crippen molar-refractivity contribution in [3.05, 3.63) is 17.0 Å². The summed E-state index contributed by atoms with van der Waals surface area (Å²) in [7, 11) is 0. The molecule has 0 aliphatic rings. The van der Waals surface area contributed by atoms with Gasteiger partial charge in [0.15, 0.2) is 0 Å². The third-order valence-corrected chi connectivity index (χ3v) is 2.20. The zero-order valence-corrected chi connectivity index (χ0v) is 8.77. The fourth-order valence-corrected chi connectivity index (χ4v) is 1.26. The number of halogens is 2. The number of alkyl halides is 2. The summed E-state index contributed by atoms with van der Waals surface area (Å²) in [4.78, 5) is 0. The standard InChI is InChI=1S/C9H15F2N3O/c1-6-8(7(2)14-13-6)3-12-4-9(10,11)5-15/h12,15H,3-5H2,1-2H3,(H,13,14). The fourth-order valence-electron chi connectivity index (χ4n) is 1.26. The van der Waals surface area contributed by atoms with Crippen molar-refractivity contribution >= 4 is 0 Å². The maximum absolute atomic E-state index is 12.6. The molecule has 1 heterocycles. The molecule has 1 rings (SSSR count). The fraction of sp³-hybridized carbons (Fsp3) is 0.667. The molecule has 0 saturated carbocycles. The molecule has 86 valence electrons. The molecule has 0 aromatic carbocycles. The molecule has 3 N–H and O–H groups in total. The number of H-pyrrole nitrogens is 1. The van der Waals surface area contributed by atoms with Gasteiger partial charge in [-0.2, -0.15) is 5.10 Å². The van der Waals surface area contributed by atoms with Crippen LogP contribution < -0.4 is 5.32 Å². The van der Waals surface area contributed by atoms with Crippen LogP contribution in [0.25, 0.3) is 0 Å². The van der Waals surface area contributed by atoms with Gasteiger partial charge in [-0.05, 0) is 13.8 Å². The van der Waals surface area contributed by atoms with Crippen LogP contribution in [0.1, 0.15) is 17.0 Å². The van der Waals surface area contributed by atoms with Gasteiger partial charge in [0.25, 0.3) is 5.92 Å². The number of aromatic nitrogens is 2. The number of rotatable bonds is 5. The van der Waals surface area contributed by atoms with E-state index >= 15 is 0 Å². The molecule has 6 heteroatoms. The second-order valence-electron chi connectivity index (χ2n) is 3.53. The Kier molecular flexibility index (Phi) is 3.76. The number of aliphatic hydroxyl groups excluding tert-OH is 1. The first-order chi connectivity index (χ1) is 6.96. The summed E-state index contributed by atoms with van der Waals surface area (Å²) in [5.74, 6) is -3.06. The molecule has 0 amide bonds. The van der Waals surface area contributed by atoms with E-state index in [1.807, 2.05) is 13.8 Å². The molecule has 0 radical (unpaired) electrons. The Morgan fingerprint density at radius 3 is 2.60 bits per heavy atom. The van der Waals surface area contributed by atoms with Crippen LogP contribution in [0.3, 0.4) is 0 Å². The lowest BCUT2D eigenvalue weighted by Gasteiger charge is -2.13. The first-order valence-corrected chi connectivity index (χ1v) is 4.66. The normalized spacial score (nSPS) is 12.1. The average molecular weight is 219 g/mol. The summed E-state index contributed by atoms with van der Waals surface area (Å²) < 4.78 is 25.3. The number of aliphatic hydroxyl groups is 1. The van der Waals surface area contributed by atoms with Crippen molar-refractivity contribution in [2.24, 2.45) is 0 Å². The topological polar surface area (TPSA) is 60.9 Å². The quantitative estimate of drug-likeness (QED) is 0.684. The van der Waals surface area contributed by atoms with Gasteiger partial charge in [0.1, 0.15) is 6.61 Å². The monoisotopic (exact) mass is 219 g/mol. The van der Waals surface area contributed by atoms with E-state index in [2.05, 4.69) is 15.5 Å². The smallest absolute Gasteiger partial charge is 0.282 e. The van der Waals surface area contributed by atoms with E-state index in [9.17, 15) is 8.78 Å². The molecule has 1 aromatic rings. The zero-order valence-electron chi connectivity index (χ0n) is 8.77. The molecule has 0 aliphatic heterocycles. The molecule has 0 saturated heterocycles. The summed E-state index contributed by atoms with van der Waals surface area (Å²) in [6, 6.07) is 0. The third kappa shape index (κ3) is 3.24. The highest BCUT2D eigenvalue weighted by Gasteiger charge is 2.26. The molecule has 0 unspecified atom stereocenters. The zero-order chi connectivity index (χ0) is 11.5. The highest BCUT2D eigenvalue weighted by atomic mass is 19.3. The van der Waals surface area contributed by atoms with Crippen LogP contribution in [0.2, 0.25) is 0 Å². The van der Waals surface area contributed by atoms with E-state index in [-0.39, 0.29) is 0 Å². The second kappa shape index (κ2) is 4.67. The van der Waals surface area contributed by atoms with E-state index in [0.29, 0.717) is 6.54 Å². The predicted molar refractivity (Wildman–Crippen MR) is 51.8 cm³/mol. The minimum absolute atomic E-state index is 0.323. The minimum atomic E-state index is -3.06. The van der Waals surface area contributed by atoms with Gasteiger partial charge in [0.2, 0.25) is 0 Å². The molecule has 0 aliphatic carbocycles. The maximum atomic E-state index is 12.6. The highest BCUT2D eigenvalue weighted by Crippen LogP contribution is 2.12. The Labute approximate surface area is 86.7 Å². The van der Waals surface area contributed by atoms with E-state index in [0.717, 1.165) is 17.0 Å². The Hall–Kier alpha value is -1.01. The molecule has 4 nitrogen and oxygen atoms in total. The Balaban J connectivity index is 2.45. The molecular weight excluding hydrogens is 204 g/mol. The van der Waals surface area contributed by atoms with E-state index in [1.54, 1.807) is 0 Å². The van der Waals surface area contributed by atoms with E-state index < -0.39 is 19.1 Å². The first kappa shape index (κ1) is 12.1. The number of nitrogens with zero attached hydrogens (tertiary/aromatic N) is 1. The molecular formula is C9H15F2N3O. The van der Waals surface area contributed by atoms with Gasteiger partial charge in [-0.1, -0.05) is 0 Å². The van der Waals surface area contributed by atoms with Crippen LogP contribution in [-0.2, 0) is 6.54 Å². The van der Waals surface area contributed by atoms with Crippen molar-refractivity contribution in [1.82, 2.24) is 15.5 Å². The largest absolute Gasteiger partial charge is 0.390 e. The van der Waals surface area contributed by atoms with Crippen LogP contribution >= 0.6 is 0 Å². The molecule has 0 spiro atoms. The van der Waals surface area contributed by atoms with Gasteiger partial charge in [0.05, 0.1) is 12.2 Å². The van der Waals surface area contributed by atoms with Gasteiger partial charge in [-0.15, -0.1) is 0 Å². The number of aryl methyl sites for hydroxylation is 2. The van der Waals surface area contributed by atoms with E-state index in [4.69, 9.17) is 5.11 Å². The predicted octanol–water partition coefficient (Wildman–Crippen LogP) is 0.744. The number of aromatic amines is 1. The summed E-state index contributed by atoms with van der Waals surface area (Å²) in [6.45, 7) is 2.30. The molecule has 15 heavy (non-hydrogen) atoms. The molecule has 0 bridgehead atoms. The number of nitrogens with one attached hydrogen (secondary N) is 2. The lowest BCUT2D eigenvalue weighted by molar-refractivity contribution is -0.0477. The third-order valence-electron chi connectivity index (χ3n) is 2.20. The van der Waals surface area contributed by atoms with Gasteiger partial charge < -0.3 is 10.4 Å². The Morgan fingerprint density at radius 1 is 1.47 bits per heavy atom. The van der Waals surface area contributed by atoms with Crippen LogP contribution in [0, 0.1) is 13.8 Å². The van der Waals surface area contributed by atoms with E-state index in [1.165, 1.54) is 0 Å². The van der Waals surface area contributed by atoms with Crippen molar-refractivity contribution in [3.63, 3.8) is 0 Å². The SMILES string of the molecule is Cc1n[nH]c(C)c1CNCC(F)(F)CO. The molecule has 0 atom stereocenters. The summed E-state index contributed by atoms with van der Waals surface area (Å²) in [5.41, 5.74) is 2.56.